The maximum Gasteiger partial charge on any atom is 0.238 e. The third-order valence-electron chi connectivity index (χ3n) is 5.09. The largest absolute Gasteiger partial charge is 0.379 e. The first-order valence-corrected chi connectivity index (χ1v) is 9.13. The van der Waals surface area contributed by atoms with Crippen LogP contribution in [0.5, 0.6) is 0 Å². The fourth-order valence-corrected chi connectivity index (χ4v) is 3.52. The molecule has 1 atom stereocenters. The molecule has 2 aliphatic heterocycles. The number of amides is 1. The van der Waals surface area contributed by atoms with Crippen molar-refractivity contribution in [3.63, 3.8) is 0 Å². The van der Waals surface area contributed by atoms with Crippen molar-refractivity contribution in [1.29, 1.82) is 0 Å². The second-order valence-electron chi connectivity index (χ2n) is 6.91. The zero-order valence-electron chi connectivity index (χ0n) is 14.7. The topological polar surface area (TPSA) is 44.8 Å². The normalized spacial score (nSPS) is 22.6. The van der Waals surface area contributed by atoms with Crippen molar-refractivity contribution in [3.8, 4) is 0 Å². The Bertz CT molecular complexity index is 526. The number of hydrogen-bond donors (Lipinski definition) is 1. The lowest BCUT2D eigenvalue weighted by Gasteiger charge is -2.25. The summed E-state index contributed by atoms with van der Waals surface area (Å²) < 4.78 is 5.30. The summed E-state index contributed by atoms with van der Waals surface area (Å²) in [6, 6.07) is 9.01. The second kappa shape index (κ2) is 8.60. The summed E-state index contributed by atoms with van der Waals surface area (Å²) in [5.41, 5.74) is 2.21. The van der Waals surface area contributed by atoms with E-state index in [2.05, 4.69) is 34.2 Å². The minimum absolute atomic E-state index is 0.0514. The molecular weight excluding hydrogens is 302 g/mol. The third kappa shape index (κ3) is 5.03. The highest BCUT2D eigenvalue weighted by molar-refractivity contribution is 5.92. The molecule has 132 valence electrons. The number of ether oxygens (including phenoxy) is 1. The molecule has 0 unspecified atom stereocenters. The maximum atomic E-state index is 12.1. The predicted octanol–water partition coefficient (Wildman–Crippen LogP) is 1.98. The minimum Gasteiger partial charge on any atom is -0.379 e. The molecule has 24 heavy (non-hydrogen) atoms. The van der Waals surface area contributed by atoms with Crippen molar-refractivity contribution in [2.45, 2.75) is 32.2 Å². The van der Waals surface area contributed by atoms with Gasteiger partial charge in [0, 0.05) is 31.4 Å². The Morgan fingerprint density at radius 2 is 1.96 bits per heavy atom. The lowest BCUT2D eigenvalue weighted by atomic mass is 10.1. The predicted molar refractivity (Wildman–Crippen MR) is 96.3 cm³/mol. The zero-order chi connectivity index (χ0) is 16.8. The molecule has 5 nitrogen and oxygen atoms in total. The van der Waals surface area contributed by atoms with Crippen LogP contribution in [0, 0.1) is 0 Å². The summed E-state index contributed by atoms with van der Waals surface area (Å²) in [6.45, 7) is 8.23. The molecule has 5 heteroatoms. The number of nitrogens with zero attached hydrogens (tertiary/aromatic N) is 2. The average molecular weight is 331 g/mol. The standard InChI is InChI=1S/C19H29N3O2/c1-16-3-2-9-22(16)10-8-17-4-6-18(7-5-17)20-19(23)15-21-11-13-24-14-12-21/h4-7,16H,2-3,8-15H2,1H3,(H,20,23)/t16-/m1/s1. The first-order valence-electron chi connectivity index (χ1n) is 9.13. The van der Waals surface area contributed by atoms with Gasteiger partial charge in [-0.2, -0.15) is 0 Å². The smallest absolute Gasteiger partial charge is 0.238 e. The number of rotatable bonds is 6. The van der Waals surface area contributed by atoms with Crippen LogP contribution in [0.2, 0.25) is 0 Å². The fraction of sp³-hybridized carbons (Fsp3) is 0.632. The molecule has 0 saturated carbocycles. The van der Waals surface area contributed by atoms with E-state index in [-0.39, 0.29) is 5.91 Å². The van der Waals surface area contributed by atoms with Gasteiger partial charge >= 0.3 is 0 Å². The number of nitrogens with one attached hydrogen (secondary N) is 1. The van der Waals surface area contributed by atoms with Gasteiger partial charge in [-0.05, 0) is 50.4 Å². The van der Waals surface area contributed by atoms with Gasteiger partial charge in [-0.25, -0.2) is 0 Å². The molecule has 2 fully saturated rings. The van der Waals surface area contributed by atoms with Gasteiger partial charge in [-0.1, -0.05) is 12.1 Å². The number of hydrogen-bond acceptors (Lipinski definition) is 4. The van der Waals surface area contributed by atoms with Crippen LogP contribution >= 0.6 is 0 Å². The first-order chi connectivity index (χ1) is 11.7. The molecule has 2 saturated heterocycles. The van der Waals surface area contributed by atoms with E-state index in [1.54, 1.807) is 0 Å². The van der Waals surface area contributed by atoms with E-state index < -0.39 is 0 Å². The summed E-state index contributed by atoms with van der Waals surface area (Å²) in [4.78, 5) is 16.8. The maximum absolute atomic E-state index is 12.1. The van der Waals surface area contributed by atoms with E-state index in [0.29, 0.717) is 6.54 Å². The van der Waals surface area contributed by atoms with Crippen molar-refractivity contribution in [1.82, 2.24) is 9.80 Å². The average Bonchev–Trinajstić information content (AvgIpc) is 3.00. The van der Waals surface area contributed by atoms with E-state index in [1.165, 1.54) is 24.9 Å². The van der Waals surface area contributed by atoms with Gasteiger partial charge in [-0.15, -0.1) is 0 Å². The zero-order valence-corrected chi connectivity index (χ0v) is 14.7. The molecule has 1 aromatic carbocycles. The van der Waals surface area contributed by atoms with Gasteiger partial charge in [0.2, 0.25) is 5.91 Å². The van der Waals surface area contributed by atoms with Crippen molar-refractivity contribution < 1.29 is 9.53 Å². The van der Waals surface area contributed by atoms with E-state index in [4.69, 9.17) is 4.74 Å². The Morgan fingerprint density at radius 3 is 2.62 bits per heavy atom. The number of benzene rings is 1. The van der Waals surface area contributed by atoms with Gasteiger partial charge in [0.15, 0.2) is 0 Å². The van der Waals surface area contributed by atoms with Crippen LogP contribution < -0.4 is 5.32 Å². The Balaban J connectivity index is 1.42. The van der Waals surface area contributed by atoms with Crippen LogP contribution in [-0.2, 0) is 16.0 Å². The minimum atomic E-state index is 0.0514. The number of anilines is 1. The lowest BCUT2D eigenvalue weighted by Crippen LogP contribution is -2.41. The molecule has 0 radical (unpaired) electrons. The Morgan fingerprint density at radius 1 is 1.21 bits per heavy atom. The molecule has 1 amide bonds. The highest BCUT2D eigenvalue weighted by Crippen LogP contribution is 2.17. The molecule has 2 aliphatic rings. The number of morpholine rings is 1. The van der Waals surface area contributed by atoms with E-state index in [1.807, 2.05) is 12.1 Å². The van der Waals surface area contributed by atoms with Crippen molar-refractivity contribution in [2.75, 3.05) is 51.3 Å². The summed E-state index contributed by atoms with van der Waals surface area (Å²) in [5.74, 6) is 0.0514. The van der Waals surface area contributed by atoms with E-state index in [9.17, 15) is 4.79 Å². The van der Waals surface area contributed by atoms with E-state index >= 15 is 0 Å². The molecule has 0 aromatic heterocycles. The molecule has 3 rings (SSSR count). The van der Waals surface area contributed by atoms with Crippen molar-refractivity contribution in [2.24, 2.45) is 0 Å². The highest BCUT2D eigenvalue weighted by Gasteiger charge is 2.19. The van der Waals surface area contributed by atoms with Crippen LogP contribution in [-0.4, -0.2) is 67.7 Å². The molecule has 1 N–H and O–H groups in total. The van der Waals surface area contributed by atoms with Crippen LogP contribution in [0.4, 0.5) is 5.69 Å². The van der Waals surface area contributed by atoms with Gasteiger partial charge in [-0.3, -0.25) is 9.69 Å². The second-order valence-corrected chi connectivity index (χ2v) is 6.91. The molecule has 1 aromatic rings. The van der Waals surface area contributed by atoms with Crippen LogP contribution in [0.1, 0.15) is 25.3 Å². The summed E-state index contributed by atoms with van der Waals surface area (Å²) in [6.07, 6.45) is 3.73. The number of likely N-dealkylation sites (tertiary alicyclic amines) is 1. The van der Waals surface area contributed by atoms with Gasteiger partial charge in [0.1, 0.15) is 0 Å². The van der Waals surface area contributed by atoms with Gasteiger partial charge in [0.25, 0.3) is 0 Å². The van der Waals surface area contributed by atoms with Gasteiger partial charge in [0.05, 0.1) is 19.8 Å². The Kier molecular flexibility index (Phi) is 6.24. The van der Waals surface area contributed by atoms with Crippen molar-refractivity contribution >= 4 is 11.6 Å². The quantitative estimate of drug-likeness (QED) is 0.866. The van der Waals surface area contributed by atoms with Crippen LogP contribution in [0.15, 0.2) is 24.3 Å². The summed E-state index contributed by atoms with van der Waals surface area (Å²) in [5, 5.41) is 2.99. The molecular formula is C19H29N3O2. The number of carbonyl (C=O) groups is 1. The molecule has 0 aliphatic carbocycles. The Labute approximate surface area is 145 Å². The van der Waals surface area contributed by atoms with Crippen LogP contribution in [0.25, 0.3) is 0 Å². The molecule has 0 bridgehead atoms. The highest BCUT2D eigenvalue weighted by atomic mass is 16.5. The summed E-state index contributed by atoms with van der Waals surface area (Å²) >= 11 is 0. The van der Waals surface area contributed by atoms with Crippen molar-refractivity contribution in [3.05, 3.63) is 29.8 Å². The Hall–Kier alpha value is -1.43. The van der Waals surface area contributed by atoms with Gasteiger partial charge < -0.3 is 15.0 Å². The molecule has 2 heterocycles. The first kappa shape index (κ1) is 17.4. The van der Waals surface area contributed by atoms with Crippen LogP contribution in [0.3, 0.4) is 0 Å². The summed E-state index contributed by atoms with van der Waals surface area (Å²) in [7, 11) is 0. The number of carbonyl (C=O) groups excluding carboxylic acids is 1. The molecule has 0 spiro atoms. The van der Waals surface area contributed by atoms with E-state index in [0.717, 1.165) is 51.0 Å². The third-order valence-corrected chi connectivity index (χ3v) is 5.09. The fourth-order valence-electron chi connectivity index (χ4n) is 3.52. The SMILES string of the molecule is C[C@@H]1CCCN1CCc1ccc(NC(=O)CN2CCOCC2)cc1. The monoisotopic (exact) mass is 331 g/mol. The lowest BCUT2D eigenvalue weighted by molar-refractivity contribution is -0.118.